The molecule has 0 fully saturated rings. The highest BCUT2D eigenvalue weighted by molar-refractivity contribution is 6.04. The molecule has 0 spiro atoms. The van der Waals surface area contributed by atoms with E-state index in [4.69, 9.17) is 4.74 Å². The largest absolute Gasteiger partial charge is 0.504 e. The number of carbonyl (C=O) groups is 1. The summed E-state index contributed by atoms with van der Waals surface area (Å²) in [6.45, 7) is 3.59. The molecule has 0 bridgehead atoms. The number of aliphatic carboxylic acids is 1. The maximum absolute atomic E-state index is 11.3. The van der Waals surface area contributed by atoms with Crippen LogP contribution in [0.2, 0.25) is 0 Å². The van der Waals surface area contributed by atoms with Gasteiger partial charge in [-0.3, -0.25) is 0 Å². The number of methoxy groups -OCH3 is 1. The van der Waals surface area contributed by atoms with E-state index < -0.39 is 5.97 Å². The first kappa shape index (κ1) is 18.6. The molecule has 0 atom stereocenters. The average Bonchev–Trinajstić information content (AvgIpc) is 2.97. The highest BCUT2D eigenvalue weighted by Gasteiger charge is 2.23. The van der Waals surface area contributed by atoms with E-state index in [-0.39, 0.29) is 11.3 Å². The first-order valence-electron chi connectivity index (χ1n) is 8.78. The average molecular weight is 365 g/mol. The summed E-state index contributed by atoms with van der Waals surface area (Å²) >= 11 is 0. The summed E-state index contributed by atoms with van der Waals surface area (Å²) in [5, 5.41) is 20.8. The maximum atomic E-state index is 11.3. The van der Waals surface area contributed by atoms with Gasteiger partial charge in [-0.1, -0.05) is 37.3 Å². The van der Waals surface area contributed by atoms with Crippen LogP contribution in [0.15, 0.2) is 42.0 Å². The molecule has 3 aromatic rings. The van der Waals surface area contributed by atoms with E-state index in [1.54, 1.807) is 19.1 Å². The quantitative estimate of drug-likeness (QED) is 0.648. The van der Waals surface area contributed by atoms with Crippen LogP contribution < -0.4 is 4.74 Å². The van der Waals surface area contributed by atoms with E-state index in [2.05, 4.69) is 0 Å². The molecule has 0 unspecified atom stereocenters. The Labute approximate surface area is 158 Å². The predicted molar refractivity (Wildman–Crippen MR) is 107 cm³/mol. The fourth-order valence-corrected chi connectivity index (χ4v) is 3.61. The second-order valence-electron chi connectivity index (χ2n) is 6.48. The number of ether oxygens (including phenoxy) is 1. The molecule has 5 nitrogen and oxygen atoms in total. The molecule has 0 aliphatic heterocycles. The summed E-state index contributed by atoms with van der Waals surface area (Å²) < 4.78 is 7.37. The maximum Gasteiger partial charge on any atom is 0.331 e. The van der Waals surface area contributed by atoms with Crippen molar-refractivity contribution in [2.45, 2.75) is 20.3 Å². The minimum absolute atomic E-state index is 0.0762. The molecule has 3 rings (SSSR count). The molecular weight excluding hydrogens is 342 g/mol. The second kappa shape index (κ2) is 7.19. The second-order valence-corrected chi connectivity index (χ2v) is 6.48. The van der Waals surface area contributed by atoms with E-state index in [9.17, 15) is 15.0 Å². The summed E-state index contributed by atoms with van der Waals surface area (Å²) in [5.74, 6) is -0.581. The zero-order chi connectivity index (χ0) is 19.7. The fraction of sp³-hybridized carbons (Fsp3) is 0.227. The fourth-order valence-electron chi connectivity index (χ4n) is 3.61. The molecule has 0 aliphatic rings. The molecule has 0 radical (unpaired) electrons. The van der Waals surface area contributed by atoms with Crippen LogP contribution in [0, 0.1) is 0 Å². The molecule has 5 heteroatoms. The first-order valence-corrected chi connectivity index (χ1v) is 8.78. The predicted octanol–water partition coefficient (Wildman–Crippen LogP) is 4.61. The van der Waals surface area contributed by atoms with Gasteiger partial charge in [-0.15, -0.1) is 0 Å². The molecular formula is C22H23NO4. The van der Waals surface area contributed by atoms with Crippen LogP contribution in [0.3, 0.4) is 0 Å². The Balaban J connectivity index is 2.49. The van der Waals surface area contributed by atoms with Crippen LogP contribution in [0.5, 0.6) is 11.5 Å². The number of aromatic nitrogens is 1. The molecule has 0 saturated carbocycles. The van der Waals surface area contributed by atoms with E-state index in [0.29, 0.717) is 23.1 Å². The van der Waals surface area contributed by atoms with Gasteiger partial charge < -0.3 is 19.5 Å². The summed E-state index contributed by atoms with van der Waals surface area (Å²) in [7, 11) is 3.42. The van der Waals surface area contributed by atoms with Gasteiger partial charge >= 0.3 is 5.97 Å². The third-order valence-corrected chi connectivity index (χ3v) is 4.86. The molecule has 1 heterocycles. The third-order valence-electron chi connectivity index (χ3n) is 4.86. The van der Waals surface area contributed by atoms with Crippen molar-refractivity contribution >= 4 is 22.9 Å². The van der Waals surface area contributed by atoms with Crippen molar-refractivity contribution in [3.8, 4) is 22.8 Å². The Morgan fingerprint density at radius 1 is 1.26 bits per heavy atom. The first-order chi connectivity index (χ1) is 12.9. The van der Waals surface area contributed by atoms with Gasteiger partial charge in [0, 0.05) is 23.6 Å². The minimum atomic E-state index is -0.983. The molecule has 2 aromatic carbocycles. The van der Waals surface area contributed by atoms with Gasteiger partial charge in [0.25, 0.3) is 0 Å². The molecule has 0 aliphatic carbocycles. The smallest absolute Gasteiger partial charge is 0.331 e. The van der Waals surface area contributed by atoms with Crippen molar-refractivity contribution < 1.29 is 19.7 Å². The number of hydrogen-bond donors (Lipinski definition) is 2. The Kier molecular flexibility index (Phi) is 4.95. The lowest BCUT2D eigenvalue weighted by Crippen LogP contribution is -1.98. The highest BCUT2D eigenvalue weighted by atomic mass is 16.5. The van der Waals surface area contributed by atoms with Gasteiger partial charge in [0.2, 0.25) is 0 Å². The zero-order valence-corrected chi connectivity index (χ0v) is 15.9. The van der Waals surface area contributed by atoms with Crippen molar-refractivity contribution in [2.75, 3.05) is 7.11 Å². The number of benzene rings is 2. The van der Waals surface area contributed by atoms with Gasteiger partial charge in [0.1, 0.15) is 0 Å². The Bertz CT molecular complexity index is 1050. The van der Waals surface area contributed by atoms with E-state index in [0.717, 1.165) is 22.3 Å². The van der Waals surface area contributed by atoms with Crippen molar-refractivity contribution in [1.29, 1.82) is 0 Å². The molecule has 0 saturated heterocycles. The summed E-state index contributed by atoms with van der Waals surface area (Å²) in [4.78, 5) is 11.3. The van der Waals surface area contributed by atoms with Crippen LogP contribution in [0.1, 0.15) is 25.0 Å². The molecule has 27 heavy (non-hydrogen) atoms. The minimum Gasteiger partial charge on any atom is -0.504 e. The SMILES string of the molecule is CCc1c(-c2ccccc2)n(C)c2c(/C=C(\C)C(=O)O)cc(OC)c(O)c12. The Hall–Kier alpha value is -3.21. The lowest BCUT2D eigenvalue weighted by molar-refractivity contribution is -0.132. The topological polar surface area (TPSA) is 71.7 Å². The lowest BCUT2D eigenvalue weighted by atomic mass is 10.0. The van der Waals surface area contributed by atoms with Gasteiger partial charge in [-0.05, 0) is 36.6 Å². The normalized spacial score (nSPS) is 11.8. The van der Waals surface area contributed by atoms with Crippen molar-refractivity contribution in [1.82, 2.24) is 4.57 Å². The monoisotopic (exact) mass is 365 g/mol. The molecule has 140 valence electrons. The number of aromatic hydroxyl groups is 1. The number of phenolic OH excluding ortho intramolecular Hbond substituents is 1. The van der Waals surface area contributed by atoms with Crippen molar-refractivity contribution in [2.24, 2.45) is 7.05 Å². The number of nitrogens with zero attached hydrogens (tertiary/aromatic N) is 1. The number of carboxylic acids is 1. The van der Waals surface area contributed by atoms with Crippen LogP contribution in [-0.2, 0) is 18.3 Å². The van der Waals surface area contributed by atoms with Gasteiger partial charge in [0.05, 0.1) is 18.3 Å². The van der Waals surface area contributed by atoms with E-state index >= 15 is 0 Å². The molecule has 0 amide bonds. The standard InChI is InChI=1S/C22H23NO4/c1-5-16-18-20(23(3)19(16)14-9-7-6-8-10-14)15(11-13(2)22(25)26)12-17(27-4)21(18)24/h6-12,24H,5H2,1-4H3,(H,25,26)/b13-11+. The van der Waals surface area contributed by atoms with Crippen LogP contribution in [-0.4, -0.2) is 27.9 Å². The molecule has 1 aromatic heterocycles. The number of rotatable bonds is 5. The van der Waals surface area contributed by atoms with Crippen LogP contribution in [0.4, 0.5) is 0 Å². The zero-order valence-electron chi connectivity index (χ0n) is 15.9. The van der Waals surface area contributed by atoms with E-state index in [1.165, 1.54) is 7.11 Å². The summed E-state index contributed by atoms with van der Waals surface area (Å²) in [6, 6.07) is 11.6. The number of fused-ring (bicyclic) bond motifs is 1. The number of carboxylic acid groups (broad SMARTS) is 1. The Morgan fingerprint density at radius 2 is 1.93 bits per heavy atom. The third kappa shape index (κ3) is 3.05. The van der Waals surface area contributed by atoms with Crippen molar-refractivity contribution in [3.05, 3.63) is 53.1 Å². The number of aryl methyl sites for hydroxylation is 2. The van der Waals surface area contributed by atoms with Crippen molar-refractivity contribution in [3.63, 3.8) is 0 Å². The van der Waals surface area contributed by atoms with Gasteiger partial charge in [0.15, 0.2) is 11.5 Å². The van der Waals surface area contributed by atoms with Gasteiger partial charge in [-0.25, -0.2) is 4.79 Å². The summed E-state index contributed by atoms with van der Waals surface area (Å²) in [6.07, 6.45) is 2.32. The number of phenols is 1. The van der Waals surface area contributed by atoms with Crippen LogP contribution in [0.25, 0.3) is 28.2 Å². The van der Waals surface area contributed by atoms with Gasteiger partial charge in [-0.2, -0.15) is 0 Å². The van der Waals surface area contributed by atoms with E-state index in [1.807, 2.05) is 48.9 Å². The molecule has 2 N–H and O–H groups in total. The number of hydrogen-bond acceptors (Lipinski definition) is 3. The highest BCUT2D eigenvalue weighted by Crippen LogP contribution is 2.44. The summed E-state index contributed by atoms with van der Waals surface area (Å²) in [5.41, 5.74) is 4.72. The van der Waals surface area contributed by atoms with Crippen LogP contribution >= 0.6 is 0 Å². The lowest BCUT2D eigenvalue weighted by Gasteiger charge is -2.10. The Morgan fingerprint density at radius 3 is 2.48 bits per heavy atom.